The highest BCUT2D eigenvalue weighted by atomic mass is 35.5. The SMILES string of the molecule is COc1ccc(Cl)cc1C=CCN=[N+]=[N-]. The Morgan fingerprint density at radius 3 is 3.07 bits per heavy atom. The fourth-order valence-corrected chi connectivity index (χ4v) is 1.28. The molecule has 0 heterocycles. The zero-order chi connectivity index (χ0) is 11.1. The third-order valence-electron chi connectivity index (χ3n) is 1.74. The maximum atomic E-state index is 8.09. The van der Waals surface area contributed by atoms with Gasteiger partial charge < -0.3 is 4.74 Å². The summed E-state index contributed by atoms with van der Waals surface area (Å²) < 4.78 is 5.14. The van der Waals surface area contributed by atoms with Gasteiger partial charge in [0.1, 0.15) is 5.75 Å². The Kier molecular flexibility index (Phi) is 4.54. The standard InChI is InChI=1S/C10H10ClN3O/c1-15-10-5-4-9(11)7-8(10)3-2-6-13-14-12/h2-5,7H,6H2,1H3. The number of ether oxygens (including phenoxy) is 1. The largest absolute Gasteiger partial charge is 0.496 e. The van der Waals surface area contributed by atoms with Gasteiger partial charge in [0.05, 0.1) is 7.11 Å². The van der Waals surface area contributed by atoms with Crippen LogP contribution in [0.5, 0.6) is 5.75 Å². The molecule has 0 saturated heterocycles. The second kappa shape index (κ2) is 5.96. The fraction of sp³-hybridized carbons (Fsp3) is 0.200. The molecule has 0 radical (unpaired) electrons. The summed E-state index contributed by atoms with van der Waals surface area (Å²) in [5.74, 6) is 0.733. The van der Waals surface area contributed by atoms with Gasteiger partial charge in [0.25, 0.3) is 0 Å². The smallest absolute Gasteiger partial charge is 0.126 e. The molecule has 0 unspecified atom stereocenters. The van der Waals surface area contributed by atoms with E-state index in [1.54, 1.807) is 37.5 Å². The molecule has 0 spiro atoms. The van der Waals surface area contributed by atoms with Gasteiger partial charge in [-0.1, -0.05) is 28.9 Å². The number of hydrogen-bond acceptors (Lipinski definition) is 2. The molecule has 1 rings (SSSR count). The van der Waals surface area contributed by atoms with Crippen molar-refractivity contribution >= 4 is 17.7 Å². The Morgan fingerprint density at radius 2 is 2.40 bits per heavy atom. The molecule has 15 heavy (non-hydrogen) atoms. The van der Waals surface area contributed by atoms with Crippen LogP contribution in [0.3, 0.4) is 0 Å². The molecule has 4 nitrogen and oxygen atoms in total. The van der Waals surface area contributed by atoms with E-state index in [4.69, 9.17) is 21.9 Å². The van der Waals surface area contributed by atoms with Gasteiger partial charge >= 0.3 is 0 Å². The first kappa shape index (κ1) is 11.4. The maximum absolute atomic E-state index is 8.09. The van der Waals surface area contributed by atoms with Crippen LogP contribution >= 0.6 is 11.6 Å². The van der Waals surface area contributed by atoms with E-state index >= 15 is 0 Å². The van der Waals surface area contributed by atoms with Crippen LogP contribution in [0.2, 0.25) is 5.02 Å². The van der Waals surface area contributed by atoms with Gasteiger partial charge in [-0.3, -0.25) is 0 Å². The van der Waals surface area contributed by atoms with E-state index in [1.807, 2.05) is 0 Å². The highest BCUT2D eigenvalue weighted by Crippen LogP contribution is 2.23. The number of methoxy groups -OCH3 is 1. The summed E-state index contributed by atoms with van der Waals surface area (Å²) in [6.45, 7) is 0.312. The number of hydrogen-bond donors (Lipinski definition) is 0. The van der Waals surface area contributed by atoms with Crippen molar-refractivity contribution in [1.82, 2.24) is 0 Å². The van der Waals surface area contributed by atoms with E-state index in [1.165, 1.54) is 0 Å². The van der Waals surface area contributed by atoms with Crippen molar-refractivity contribution in [2.45, 2.75) is 0 Å². The second-order valence-electron chi connectivity index (χ2n) is 2.70. The molecule has 0 aromatic heterocycles. The molecule has 0 bridgehead atoms. The Morgan fingerprint density at radius 1 is 1.60 bits per heavy atom. The van der Waals surface area contributed by atoms with Crippen LogP contribution in [0.25, 0.3) is 16.5 Å². The monoisotopic (exact) mass is 223 g/mol. The lowest BCUT2D eigenvalue weighted by Crippen LogP contribution is -1.86. The second-order valence-corrected chi connectivity index (χ2v) is 3.14. The first-order chi connectivity index (χ1) is 7.27. The zero-order valence-electron chi connectivity index (χ0n) is 8.22. The number of rotatable bonds is 4. The number of halogens is 1. The average Bonchev–Trinajstić information content (AvgIpc) is 2.25. The molecule has 78 valence electrons. The lowest BCUT2D eigenvalue weighted by molar-refractivity contribution is 0.414. The third-order valence-corrected chi connectivity index (χ3v) is 1.97. The maximum Gasteiger partial charge on any atom is 0.126 e. The Bertz CT molecular complexity index is 411. The average molecular weight is 224 g/mol. The minimum Gasteiger partial charge on any atom is -0.496 e. The predicted octanol–water partition coefficient (Wildman–Crippen LogP) is 3.67. The predicted molar refractivity (Wildman–Crippen MR) is 61.1 cm³/mol. The molecule has 0 aliphatic heterocycles. The Hall–Kier alpha value is -1.64. The summed E-state index contributed by atoms with van der Waals surface area (Å²) in [6.07, 6.45) is 3.55. The highest BCUT2D eigenvalue weighted by Gasteiger charge is 1.99. The molecule has 5 heteroatoms. The van der Waals surface area contributed by atoms with Crippen molar-refractivity contribution in [1.29, 1.82) is 0 Å². The van der Waals surface area contributed by atoms with Crippen molar-refractivity contribution in [3.8, 4) is 5.75 Å². The first-order valence-corrected chi connectivity index (χ1v) is 4.66. The number of nitrogens with zero attached hydrogens (tertiary/aromatic N) is 3. The van der Waals surface area contributed by atoms with Crippen LogP contribution in [0.4, 0.5) is 0 Å². The molecule has 0 amide bonds. The summed E-state index contributed by atoms with van der Waals surface area (Å²) in [7, 11) is 1.59. The van der Waals surface area contributed by atoms with E-state index in [9.17, 15) is 0 Å². The molecule has 1 aromatic carbocycles. The number of benzene rings is 1. The van der Waals surface area contributed by atoms with Crippen molar-refractivity contribution < 1.29 is 4.74 Å². The number of azide groups is 1. The van der Waals surface area contributed by atoms with Crippen LogP contribution in [-0.4, -0.2) is 13.7 Å². The Balaban J connectivity index is 2.86. The van der Waals surface area contributed by atoms with Crippen molar-refractivity contribution in [3.05, 3.63) is 45.3 Å². The first-order valence-electron chi connectivity index (χ1n) is 4.29. The summed E-state index contributed by atoms with van der Waals surface area (Å²) in [5, 5.41) is 4.02. The normalized spacial score (nSPS) is 10.0. The summed E-state index contributed by atoms with van der Waals surface area (Å²) in [5.41, 5.74) is 8.95. The van der Waals surface area contributed by atoms with Crippen LogP contribution in [0.1, 0.15) is 5.56 Å². The zero-order valence-corrected chi connectivity index (χ0v) is 8.98. The van der Waals surface area contributed by atoms with Gasteiger partial charge in [-0.15, -0.1) is 0 Å². The molecule has 0 fully saturated rings. The van der Waals surface area contributed by atoms with Gasteiger partial charge in [0, 0.05) is 22.0 Å². The molecule has 0 aliphatic rings. The molecular weight excluding hydrogens is 214 g/mol. The van der Waals surface area contributed by atoms with E-state index in [0.717, 1.165) is 11.3 Å². The van der Waals surface area contributed by atoms with Crippen molar-refractivity contribution in [3.63, 3.8) is 0 Å². The molecule has 0 saturated carbocycles. The lowest BCUT2D eigenvalue weighted by atomic mass is 10.2. The molecular formula is C10H10ClN3O. The van der Waals surface area contributed by atoms with Crippen molar-refractivity contribution in [2.75, 3.05) is 13.7 Å². The minimum absolute atomic E-state index is 0.312. The van der Waals surface area contributed by atoms with Gasteiger partial charge in [-0.2, -0.15) is 0 Å². The molecule has 0 N–H and O–H groups in total. The summed E-state index contributed by atoms with van der Waals surface area (Å²) in [4.78, 5) is 2.64. The van der Waals surface area contributed by atoms with Crippen LogP contribution in [-0.2, 0) is 0 Å². The third kappa shape index (κ3) is 3.54. The highest BCUT2D eigenvalue weighted by molar-refractivity contribution is 6.30. The fourth-order valence-electron chi connectivity index (χ4n) is 1.10. The molecule has 0 aliphatic carbocycles. The molecule has 0 atom stereocenters. The topological polar surface area (TPSA) is 58.0 Å². The van der Waals surface area contributed by atoms with E-state index in [-0.39, 0.29) is 0 Å². The van der Waals surface area contributed by atoms with Gasteiger partial charge in [-0.25, -0.2) is 0 Å². The van der Waals surface area contributed by atoms with Crippen LogP contribution < -0.4 is 4.74 Å². The summed E-state index contributed by atoms with van der Waals surface area (Å²) in [6, 6.07) is 5.33. The summed E-state index contributed by atoms with van der Waals surface area (Å²) >= 11 is 5.84. The van der Waals surface area contributed by atoms with Crippen LogP contribution in [0.15, 0.2) is 29.4 Å². The minimum atomic E-state index is 0.312. The van der Waals surface area contributed by atoms with Gasteiger partial charge in [0.2, 0.25) is 0 Å². The Labute approximate surface area is 92.8 Å². The van der Waals surface area contributed by atoms with Crippen LogP contribution in [0, 0.1) is 0 Å². The van der Waals surface area contributed by atoms with E-state index < -0.39 is 0 Å². The van der Waals surface area contributed by atoms with Crippen molar-refractivity contribution in [2.24, 2.45) is 5.11 Å². The van der Waals surface area contributed by atoms with Gasteiger partial charge in [0.15, 0.2) is 0 Å². The van der Waals surface area contributed by atoms with Gasteiger partial charge in [-0.05, 0) is 23.7 Å². The molecule has 1 aromatic rings. The lowest BCUT2D eigenvalue weighted by Gasteiger charge is -2.04. The quantitative estimate of drug-likeness (QED) is 0.436. The van der Waals surface area contributed by atoms with E-state index in [0.29, 0.717) is 11.6 Å². The van der Waals surface area contributed by atoms with E-state index in [2.05, 4.69) is 10.0 Å².